The van der Waals surface area contributed by atoms with Crippen LogP contribution in [-0.4, -0.2) is 31.5 Å². The van der Waals surface area contributed by atoms with E-state index in [9.17, 15) is 11.9 Å². The van der Waals surface area contributed by atoms with Crippen molar-refractivity contribution in [3.8, 4) is 17.8 Å². The third-order valence-corrected chi connectivity index (χ3v) is 6.41. The average Bonchev–Trinajstić information content (AvgIpc) is 3.47. The maximum atomic E-state index is 10.0. The van der Waals surface area contributed by atoms with Crippen molar-refractivity contribution in [3.05, 3.63) is 101 Å². The van der Waals surface area contributed by atoms with Gasteiger partial charge in [-0.15, -0.1) is 5.10 Å². The molecular weight excluding hydrogens is 522 g/mol. The van der Waals surface area contributed by atoms with Crippen LogP contribution in [0.4, 0.5) is 11.4 Å². The van der Waals surface area contributed by atoms with Gasteiger partial charge < -0.3 is 10.6 Å². The summed E-state index contributed by atoms with van der Waals surface area (Å²) in [6, 6.07) is 16.7. The van der Waals surface area contributed by atoms with Crippen molar-refractivity contribution in [1.29, 1.82) is 10.5 Å². The van der Waals surface area contributed by atoms with Gasteiger partial charge >= 0.3 is 0 Å². The lowest BCUT2D eigenvalue weighted by Gasteiger charge is -2.22. The predicted molar refractivity (Wildman–Crippen MR) is 155 cm³/mol. The SMILES string of the molecule is [2H][C@@](Nc1cc(C#N)c2ncc(C#N)c(NCC(C)(C)C)c2c1)(c1cn(-c2cccnc2)nn1)c1ccccc1Cl. The molecule has 1 atom stereocenters. The van der Waals surface area contributed by atoms with Crippen molar-refractivity contribution >= 4 is 33.9 Å². The molecule has 5 aromatic rings. The number of nitrogens with zero attached hydrogens (tertiary/aromatic N) is 7. The first-order valence-electron chi connectivity index (χ1n) is 13.0. The quantitative estimate of drug-likeness (QED) is 0.243. The Labute approximate surface area is 238 Å². The Bertz CT molecular complexity index is 1820. The van der Waals surface area contributed by atoms with Crippen molar-refractivity contribution in [2.75, 3.05) is 17.2 Å². The minimum absolute atomic E-state index is 0.0727. The van der Waals surface area contributed by atoms with Gasteiger partial charge in [0.1, 0.15) is 17.8 Å². The molecule has 0 unspecified atom stereocenters. The van der Waals surface area contributed by atoms with Gasteiger partial charge in [-0.05, 0) is 41.3 Å². The van der Waals surface area contributed by atoms with E-state index < -0.39 is 6.02 Å². The van der Waals surface area contributed by atoms with E-state index in [4.69, 9.17) is 11.6 Å². The smallest absolute Gasteiger partial charge is 0.110 e. The molecule has 3 heterocycles. The second-order valence-corrected chi connectivity index (χ2v) is 10.8. The standard InChI is InChI=1S/C30H26ClN9/c1-30(2,3)18-36-28-20(14-33)15-35-27-19(13-32)11-21(12-24(27)28)37-29(23-8-4-5-9-25(23)31)26-17-40(39-38-26)22-7-6-10-34-16-22/h4-12,15-17,29,37H,18H2,1-3H3,(H,35,36)/t29-/m0/s1/i29D. The zero-order valence-corrected chi connectivity index (χ0v) is 22.9. The monoisotopic (exact) mass is 548 g/mol. The Morgan fingerprint density at radius 2 is 1.88 bits per heavy atom. The number of nitriles is 2. The highest BCUT2D eigenvalue weighted by Crippen LogP contribution is 2.35. The molecule has 0 spiro atoms. The van der Waals surface area contributed by atoms with Crippen LogP contribution >= 0.6 is 11.6 Å². The first-order valence-corrected chi connectivity index (χ1v) is 12.9. The zero-order valence-electron chi connectivity index (χ0n) is 23.1. The highest BCUT2D eigenvalue weighted by Gasteiger charge is 2.23. The number of hydrogen-bond acceptors (Lipinski definition) is 8. The summed E-state index contributed by atoms with van der Waals surface area (Å²) in [5, 5.41) is 36.0. The minimum Gasteiger partial charge on any atom is -0.383 e. The van der Waals surface area contributed by atoms with Crippen LogP contribution in [0.5, 0.6) is 0 Å². The number of anilines is 2. The third-order valence-electron chi connectivity index (χ3n) is 6.08. The second-order valence-electron chi connectivity index (χ2n) is 10.3. The lowest BCUT2D eigenvalue weighted by molar-refractivity contribution is 0.443. The van der Waals surface area contributed by atoms with E-state index in [1.807, 2.05) is 6.07 Å². The van der Waals surface area contributed by atoms with Crippen LogP contribution in [0.15, 0.2) is 73.3 Å². The maximum Gasteiger partial charge on any atom is 0.110 e. The van der Waals surface area contributed by atoms with Crippen molar-refractivity contribution in [2.24, 2.45) is 5.41 Å². The lowest BCUT2D eigenvalue weighted by atomic mass is 9.96. The van der Waals surface area contributed by atoms with Crippen LogP contribution in [0.2, 0.25) is 5.02 Å². The Kier molecular flexibility index (Phi) is 6.96. The van der Waals surface area contributed by atoms with E-state index in [1.165, 1.54) is 10.9 Å². The molecular formula is C30H26ClN9. The van der Waals surface area contributed by atoms with Gasteiger partial charge in [0.25, 0.3) is 0 Å². The molecule has 2 N–H and O–H groups in total. The Balaban J connectivity index is 1.68. The molecule has 3 aromatic heterocycles. The molecule has 0 saturated heterocycles. The number of nitrogens with one attached hydrogen (secondary N) is 2. The number of fused-ring (bicyclic) bond motifs is 1. The highest BCUT2D eigenvalue weighted by atomic mass is 35.5. The van der Waals surface area contributed by atoms with E-state index in [-0.39, 0.29) is 16.7 Å². The number of pyridine rings is 2. The Hall–Kier alpha value is -4.99. The van der Waals surface area contributed by atoms with Gasteiger partial charge in [0.15, 0.2) is 0 Å². The Morgan fingerprint density at radius 1 is 1.07 bits per heavy atom. The van der Waals surface area contributed by atoms with E-state index in [0.29, 0.717) is 50.7 Å². The van der Waals surface area contributed by atoms with Gasteiger partial charge in [-0.2, -0.15) is 10.5 Å². The third kappa shape index (κ3) is 5.56. The number of hydrogen-bond donors (Lipinski definition) is 2. The van der Waals surface area contributed by atoms with Crippen LogP contribution in [0, 0.1) is 28.1 Å². The fraction of sp³-hybridized carbons (Fsp3) is 0.200. The van der Waals surface area contributed by atoms with Crippen molar-refractivity contribution in [2.45, 2.75) is 26.8 Å². The maximum absolute atomic E-state index is 10.0. The van der Waals surface area contributed by atoms with Crippen molar-refractivity contribution < 1.29 is 1.37 Å². The molecule has 2 aromatic carbocycles. The molecule has 0 saturated carbocycles. The van der Waals surface area contributed by atoms with Crippen molar-refractivity contribution in [3.63, 3.8) is 0 Å². The summed E-state index contributed by atoms with van der Waals surface area (Å²) in [5.41, 5.74) is 3.41. The summed E-state index contributed by atoms with van der Waals surface area (Å²) >= 11 is 6.62. The average molecular weight is 549 g/mol. The number of benzene rings is 2. The van der Waals surface area contributed by atoms with E-state index in [0.717, 1.165) is 0 Å². The summed E-state index contributed by atoms with van der Waals surface area (Å²) < 4.78 is 11.2. The van der Waals surface area contributed by atoms with Gasteiger partial charge in [0.05, 0.1) is 47.8 Å². The van der Waals surface area contributed by atoms with Crippen LogP contribution < -0.4 is 10.6 Å². The summed E-state index contributed by atoms with van der Waals surface area (Å²) in [5.74, 6) is 0. The van der Waals surface area contributed by atoms with Crippen LogP contribution in [0.1, 0.15) is 50.5 Å². The van der Waals surface area contributed by atoms with Crippen LogP contribution in [0.3, 0.4) is 0 Å². The Morgan fingerprint density at radius 3 is 2.58 bits per heavy atom. The van der Waals surface area contributed by atoms with E-state index in [1.54, 1.807) is 61.1 Å². The molecule has 0 fully saturated rings. The van der Waals surface area contributed by atoms with Gasteiger partial charge in [-0.1, -0.05) is 55.8 Å². The minimum atomic E-state index is -1.71. The zero-order chi connectivity index (χ0) is 29.2. The summed E-state index contributed by atoms with van der Waals surface area (Å²) in [7, 11) is 0. The molecule has 5 rings (SSSR count). The molecule has 0 aliphatic carbocycles. The first kappa shape index (κ1) is 25.3. The fourth-order valence-corrected chi connectivity index (χ4v) is 4.39. The van der Waals surface area contributed by atoms with E-state index >= 15 is 0 Å². The van der Waals surface area contributed by atoms with Crippen molar-refractivity contribution in [1.82, 2.24) is 25.0 Å². The van der Waals surface area contributed by atoms with Gasteiger partial charge in [-0.25, -0.2) is 4.68 Å². The molecule has 10 heteroatoms. The number of aromatic nitrogens is 5. The summed E-state index contributed by atoms with van der Waals surface area (Å²) in [6.45, 7) is 6.83. The molecule has 9 nitrogen and oxygen atoms in total. The van der Waals surface area contributed by atoms with E-state index in [2.05, 4.69) is 63.8 Å². The van der Waals surface area contributed by atoms with Gasteiger partial charge in [-0.3, -0.25) is 9.97 Å². The fourth-order valence-electron chi connectivity index (χ4n) is 4.16. The normalized spacial score (nSPS) is 13.1. The molecule has 198 valence electrons. The predicted octanol–water partition coefficient (Wildman–Crippen LogP) is 6.27. The number of rotatable bonds is 7. The summed E-state index contributed by atoms with van der Waals surface area (Å²) in [6.07, 6.45) is 6.40. The molecule has 0 bridgehead atoms. The molecule has 0 amide bonds. The molecule has 40 heavy (non-hydrogen) atoms. The van der Waals surface area contributed by atoms with Crippen LogP contribution in [0.25, 0.3) is 16.6 Å². The largest absolute Gasteiger partial charge is 0.383 e. The number of halogens is 1. The summed E-state index contributed by atoms with van der Waals surface area (Å²) in [4.78, 5) is 8.56. The highest BCUT2D eigenvalue weighted by molar-refractivity contribution is 6.31. The van der Waals surface area contributed by atoms with Crippen LogP contribution in [-0.2, 0) is 0 Å². The topological polar surface area (TPSA) is 128 Å². The molecule has 0 aliphatic heterocycles. The second kappa shape index (κ2) is 11.0. The molecule has 0 aliphatic rings. The van der Waals surface area contributed by atoms with Gasteiger partial charge in [0, 0.05) is 35.0 Å². The first-order chi connectivity index (χ1) is 19.6. The van der Waals surface area contributed by atoms with Gasteiger partial charge in [0.2, 0.25) is 0 Å². The molecule has 0 radical (unpaired) electrons. The lowest BCUT2D eigenvalue weighted by Crippen LogP contribution is -2.20.